The van der Waals surface area contributed by atoms with Crippen LogP contribution in [0.25, 0.3) is 5.57 Å². The number of ether oxygens (including phenoxy) is 1. The Balaban J connectivity index is 2.06. The molecule has 1 unspecified atom stereocenters. The first kappa shape index (κ1) is 11.1. The Morgan fingerprint density at radius 3 is 2.79 bits per heavy atom. The summed E-state index contributed by atoms with van der Waals surface area (Å²) < 4.78 is 6.22. The summed E-state index contributed by atoms with van der Waals surface area (Å²) in [7, 11) is 0. The smallest absolute Gasteiger partial charge is 0.167 e. The molecule has 0 saturated carbocycles. The van der Waals surface area contributed by atoms with Crippen LogP contribution in [0.5, 0.6) is 0 Å². The van der Waals surface area contributed by atoms with Crippen LogP contribution in [0.3, 0.4) is 0 Å². The molecule has 19 heavy (non-hydrogen) atoms. The minimum absolute atomic E-state index is 0.0120. The van der Waals surface area contributed by atoms with Crippen molar-refractivity contribution in [3.63, 3.8) is 0 Å². The maximum absolute atomic E-state index is 6.22. The van der Waals surface area contributed by atoms with E-state index in [1.165, 1.54) is 22.3 Å². The molecule has 0 saturated heterocycles. The summed E-state index contributed by atoms with van der Waals surface area (Å²) in [6.45, 7) is 4.54. The lowest BCUT2D eigenvalue weighted by atomic mass is 9.69. The molecule has 0 radical (unpaired) electrons. The van der Waals surface area contributed by atoms with Crippen LogP contribution in [-0.2, 0) is 10.3 Å². The predicted octanol–water partition coefficient (Wildman–Crippen LogP) is 4.57. The van der Waals surface area contributed by atoms with Crippen molar-refractivity contribution >= 4 is 5.57 Å². The van der Waals surface area contributed by atoms with Crippen LogP contribution in [0.15, 0.2) is 54.3 Å². The van der Waals surface area contributed by atoms with Gasteiger partial charge in [-0.2, -0.15) is 0 Å². The Kier molecular flexibility index (Phi) is 1.99. The number of fused-ring (bicyclic) bond motifs is 4. The molecule has 0 N–H and O–H groups in total. The average Bonchev–Trinajstić information content (AvgIpc) is 2.89. The minimum Gasteiger partial charge on any atom is -0.485 e. The number of benzene rings is 1. The summed E-state index contributed by atoms with van der Waals surface area (Å²) in [5.41, 5.74) is 5.25. The van der Waals surface area contributed by atoms with Gasteiger partial charge in [0.05, 0.1) is 6.26 Å². The van der Waals surface area contributed by atoms with E-state index in [-0.39, 0.29) is 11.0 Å². The first-order valence-electron chi connectivity index (χ1n) is 7.02. The largest absolute Gasteiger partial charge is 0.485 e. The van der Waals surface area contributed by atoms with E-state index in [0.29, 0.717) is 0 Å². The zero-order valence-electron chi connectivity index (χ0n) is 11.4. The van der Waals surface area contributed by atoms with Gasteiger partial charge in [-0.3, -0.25) is 0 Å². The van der Waals surface area contributed by atoms with Gasteiger partial charge in [0.2, 0.25) is 0 Å². The number of hydrogen-bond acceptors (Lipinski definition) is 1. The maximum atomic E-state index is 6.22. The number of hydrogen-bond donors (Lipinski definition) is 0. The van der Waals surface area contributed by atoms with E-state index in [0.717, 1.165) is 12.8 Å². The van der Waals surface area contributed by atoms with Gasteiger partial charge in [0.1, 0.15) is 0 Å². The molecule has 0 fully saturated rings. The van der Waals surface area contributed by atoms with Crippen LogP contribution in [-0.4, -0.2) is 0 Å². The molecule has 1 atom stereocenters. The quantitative estimate of drug-likeness (QED) is 0.655. The van der Waals surface area contributed by atoms with Gasteiger partial charge in [0.25, 0.3) is 0 Å². The zero-order chi connectivity index (χ0) is 13.1. The third kappa shape index (κ3) is 1.16. The van der Waals surface area contributed by atoms with E-state index in [2.05, 4.69) is 56.3 Å². The second kappa shape index (κ2) is 3.41. The summed E-state index contributed by atoms with van der Waals surface area (Å²) in [6, 6.07) is 8.74. The Morgan fingerprint density at radius 1 is 1.16 bits per heavy atom. The van der Waals surface area contributed by atoms with Crippen molar-refractivity contribution in [3.8, 4) is 0 Å². The molecule has 1 aliphatic heterocycles. The number of allylic oxidation sites excluding steroid dienone is 2. The third-order valence-corrected chi connectivity index (χ3v) is 4.82. The second-order valence-electron chi connectivity index (χ2n) is 6.20. The summed E-state index contributed by atoms with van der Waals surface area (Å²) in [5, 5.41) is 0. The van der Waals surface area contributed by atoms with Crippen molar-refractivity contribution in [2.45, 2.75) is 32.3 Å². The van der Waals surface area contributed by atoms with E-state index in [1.807, 2.05) is 6.26 Å². The monoisotopic (exact) mass is 250 g/mol. The molecule has 4 rings (SSSR count). The van der Waals surface area contributed by atoms with Gasteiger partial charge >= 0.3 is 0 Å². The van der Waals surface area contributed by atoms with E-state index >= 15 is 0 Å². The highest BCUT2D eigenvalue weighted by Gasteiger charge is 2.57. The lowest BCUT2D eigenvalue weighted by Crippen LogP contribution is -2.39. The molecular weight excluding hydrogens is 232 g/mol. The fourth-order valence-electron chi connectivity index (χ4n) is 3.87. The normalized spacial score (nSPS) is 29.6. The van der Waals surface area contributed by atoms with Crippen molar-refractivity contribution in [2.24, 2.45) is 5.41 Å². The molecule has 1 spiro atoms. The van der Waals surface area contributed by atoms with Crippen LogP contribution in [0, 0.1) is 5.41 Å². The van der Waals surface area contributed by atoms with Gasteiger partial charge < -0.3 is 4.74 Å². The fraction of sp³-hybridized carbons (Fsp3) is 0.333. The predicted molar refractivity (Wildman–Crippen MR) is 77.4 cm³/mol. The molecule has 1 aromatic carbocycles. The number of rotatable bonds is 0. The topological polar surface area (TPSA) is 9.23 Å². The standard InChI is InChI=1S/C18H18O/c1-17(2)11-12-19-18(17)15-9-5-3-7-13(15)14-8-4-6-10-16(14)18/h3,5-7,9-12H,4,8H2,1-2H3. The molecule has 2 aliphatic carbocycles. The molecule has 0 amide bonds. The SMILES string of the molecule is CC1(C)C=COC12C1=C(CCC=C1)c1ccccc12. The van der Waals surface area contributed by atoms with Crippen LogP contribution in [0.1, 0.15) is 37.8 Å². The first-order valence-corrected chi connectivity index (χ1v) is 7.02. The highest BCUT2D eigenvalue weighted by Crippen LogP contribution is 2.61. The van der Waals surface area contributed by atoms with Crippen LogP contribution in [0.2, 0.25) is 0 Å². The summed E-state index contributed by atoms with van der Waals surface area (Å²) >= 11 is 0. The summed E-state index contributed by atoms with van der Waals surface area (Å²) in [4.78, 5) is 0. The Bertz CT molecular complexity index is 645. The molecule has 0 aromatic heterocycles. The molecule has 1 heteroatoms. The van der Waals surface area contributed by atoms with Crippen molar-refractivity contribution in [3.05, 3.63) is 65.5 Å². The molecule has 0 bridgehead atoms. The van der Waals surface area contributed by atoms with Crippen molar-refractivity contribution in [1.82, 2.24) is 0 Å². The molecule has 96 valence electrons. The minimum atomic E-state index is -0.310. The van der Waals surface area contributed by atoms with E-state index in [9.17, 15) is 0 Å². The van der Waals surface area contributed by atoms with Gasteiger partial charge in [0, 0.05) is 16.6 Å². The second-order valence-corrected chi connectivity index (χ2v) is 6.20. The Labute approximate surface area is 114 Å². The average molecular weight is 250 g/mol. The lowest BCUT2D eigenvalue weighted by molar-refractivity contribution is 0.00845. The van der Waals surface area contributed by atoms with Crippen LogP contribution in [0.4, 0.5) is 0 Å². The summed E-state index contributed by atoms with van der Waals surface area (Å²) in [6.07, 6.45) is 10.9. The van der Waals surface area contributed by atoms with Crippen molar-refractivity contribution in [1.29, 1.82) is 0 Å². The first-order chi connectivity index (χ1) is 9.17. The van der Waals surface area contributed by atoms with Crippen molar-refractivity contribution in [2.75, 3.05) is 0 Å². The fourth-order valence-corrected chi connectivity index (χ4v) is 3.87. The molecular formula is C18H18O. The zero-order valence-corrected chi connectivity index (χ0v) is 11.4. The molecule has 3 aliphatic rings. The van der Waals surface area contributed by atoms with Crippen LogP contribution >= 0.6 is 0 Å². The van der Waals surface area contributed by atoms with Gasteiger partial charge in [-0.25, -0.2) is 0 Å². The molecule has 1 aromatic rings. The highest BCUT2D eigenvalue weighted by atomic mass is 16.5. The Morgan fingerprint density at radius 2 is 2.00 bits per heavy atom. The molecule has 1 heterocycles. The molecule has 1 nitrogen and oxygen atoms in total. The van der Waals surface area contributed by atoms with E-state index in [4.69, 9.17) is 4.74 Å². The van der Waals surface area contributed by atoms with Gasteiger partial charge in [-0.15, -0.1) is 0 Å². The van der Waals surface area contributed by atoms with E-state index in [1.54, 1.807) is 0 Å². The van der Waals surface area contributed by atoms with Gasteiger partial charge in [-0.1, -0.05) is 50.3 Å². The van der Waals surface area contributed by atoms with Gasteiger partial charge in [-0.05, 0) is 30.1 Å². The van der Waals surface area contributed by atoms with Crippen LogP contribution < -0.4 is 0 Å². The third-order valence-electron chi connectivity index (χ3n) is 4.82. The maximum Gasteiger partial charge on any atom is 0.167 e. The van der Waals surface area contributed by atoms with Crippen molar-refractivity contribution < 1.29 is 4.74 Å². The Hall–Kier alpha value is -1.76. The summed E-state index contributed by atoms with van der Waals surface area (Å²) in [5.74, 6) is 0. The van der Waals surface area contributed by atoms with E-state index < -0.39 is 0 Å². The highest BCUT2D eigenvalue weighted by molar-refractivity contribution is 5.83. The lowest BCUT2D eigenvalue weighted by Gasteiger charge is -2.39. The van der Waals surface area contributed by atoms with Gasteiger partial charge in [0.15, 0.2) is 5.60 Å².